The Morgan fingerprint density at radius 3 is 1.67 bits per heavy atom. The number of rotatable bonds is 0. The van der Waals surface area contributed by atoms with E-state index in [4.69, 9.17) is 11.3 Å². The molecule has 0 aliphatic carbocycles. The van der Waals surface area contributed by atoms with E-state index in [0.717, 1.165) is 0 Å². The first-order chi connectivity index (χ1) is 2.83. The van der Waals surface area contributed by atoms with Gasteiger partial charge in [0.05, 0.1) is 0 Å². The van der Waals surface area contributed by atoms with E-state index >= 15 is 0 Å². The van der Waals surface area contributed by atoms with Gasteiger partial charge in [-0.25, -0.2) is 0 Å². The van der Waals surface area contributed by atoms with Crippen LogP contribution in [0.5, 0.6) is 0 Å². The molecule has 1 N–H and O–H groups in total. The van der Waals surface area contributed by atoms with E-state index in [2.05, 4.69) is 0 Å². The molecule has 0 aromatic carbocycles. The molecule has 0 aliphatic heterocycles. The zero-order valence-electron chi connectivity index (χ0n) is 3.47. The predicted molar refractivity (Wildman–Crippen MR) is 19.9 cm³/mol. The first-order valence-corrected chi connectivity index (χ1v) is 3.76. The zero-order valence-corrected chi connectivity index (χ0v) is 6.32. The first-order valence-electron chi connectivity index (χ1n) is 1.43. The Balaban J connectivity index is 0. The van der Waals surface area contributed by atoms with E-state index in [-0.39, 0.29) is 6.61 Å². The fourth-order valence-corrected chi connectivity index (χ4v) is 0. The second-order valence-electron chi connectivity index (χ2n) is 0.400. The van der Waals surface area contributed by atoms with Gasteiger partial charge in [0.15, 0.2) is 0 Å². The SMILES string of the molecule is CCO.[O]=[Sn]=[O]. The molecule has 0 rings (SSSR count). The molecule has 0 aromatic heterocycles. The third-order valence-corrected chi connectivity index (χ3v) is 0. The molecule has 0 saturated heterocycles. The van der Waals surface area contributed by atoms with Gasteiger partial charge in [-0.05, 0) is 6.92 Å². The minimum absolute atomic E-state index is 0.250. The van der Waals surface area contributed by atoms with Crippen LogP contribution in [0.25, 0.3) is 0 Å². The van der Waals surface area contributed by atoms with Gasteiger partial charge in [-0.2, -0.15) is 0 Å². The second kappa shape index (κ2) is 18.3. The molecule has 0 atom stereocenters. The van der Waals surface area contributed by atoms with Gasteiger partial charge in [0, 0.05) is 6.61 Å². The van der Waals surface area contributed by atoms with Crippen molar-refractivity contribution in [2.75, 3.05) is 6.61 Å². The molecule has 0 saturated carbocycles. The molecule has 0 amide bonds. The van der Waals surface area contributed by atoms with Crippen LogP contribution in [0.4, 0.5) is 0 Å². The first kappa shape index (κ1) is 9.61. The van der Waals surface area contributed by atoms with Crippen LogP contribution in [0, 0.1) is 0 Å². The van der Waals surface area contributed by atoms with Crippen molar-refractivity contribution in [1.82, 2.24) is 0 Å². The van der Waals surface area contributed by atoms with E-state index in [1.165, 1.54) is 0 Å². The Morgan fingerprint density at radius 2 is 1.67 bits per heavy atom. The van der Waals surface area contributed by atoms with Crippen LogP contribution in [0.15, 0.2) is 0 Å². The molecule has 0 heterocycles. The van der Waals surface area contributed by atoms with Crippen LogP contribution in [-0.2, 0) is 6.15 Å². The molecular weight excluding hydrogens is 191 g/mol. The fourth-order valence-electron chi connectivity index (χ4n) is 0. The molecule has 0 aromatic rings. The monoisotopic (exact) mass is 198 g/mol. The second-order valence-corrected chi connectivity index (χ2v) is 0.875. The summed E-state index contributed by atoms with van der Waals surface area (Å²) in [6.07, 6.45) is 0. The normalized spacial score (nSPS) is 4.33. The Labute approximate surface area is 46.3 Å². The van der Waals surface area contributed by atoms with Gasteiger partial charge in [-0.15, -0.1) is 0 Å². The van der Waals surface area contributed by atoms with E-state index in [1.54, 1.807) is 6.92 Å². The number of hydrogen-bond donors (Lipinski definition) is 1. The zero-order chi connectivity index (χ0) is 5.41. The Bertz CT molecular complexity index is 38.1. The summed E-state index contributed by atoms with van der Waals surface area (Å²) >= 11 is -2.27. The van der Waals surface area contributed by atoms with E-state index in [1.807, 2.05) is 0 Å². The van der Waals surface area contributed by atoms with Crippen LogP contribution in [0.1, 0.15) is 6.92 Å². The van der Waals surface area contributed by atoms with Crippen molar-refractivity contribution >= 4 is 21.1 Å². The summed E-state index contributed by atoms with van der Waals surface area (Å²) in [4.78, 5) is 0. The van der Waals surface area contributed by atoms with Gasteiger partial charge in [-0.1, -0.05) is 0 Å². The number of hydrogen-bond acceptors (Lipinski definition) is 3. The van der Waals surface area contributed by atoms with Crippen molar-refractivity contribution in [2.24, 2.45) is 0 Å². The predicted octanol–water partition coefficient (Wildman–Crippen LogP) is -0.620. The van der Waals surface area contributed by atoms with E-state index < -0.39 is 21.1 Å². The van der Waals surface area contributed by atoms with Gasteiger partial charge >= 0.3 is 27.3 Å². The van der Waals surface area contributed by atoms with Gasteiger partial charge in [-0.3, -0.25) is 0 Å². The Kier molecular flexibility index (Phi) is 29.3. The maximum atomic E-state index is 8.54. The van der Waals surface area contributed by atoms with Gasteiger partial charge in [0.25, 0.3) is 0 Å². The van der Waals surface area contributed by atoms with E-state index in [9.17, 15) is 0 Å². The molecular formula is C2H6O3Sn. The van der Waals surface area contributed by atoms with Crippen molar-refractivity contribution in [2.45, 2.75) is 6.92 Å². The number of aliphatic hydroxyl groups is 1. The molecule has 0 aliphatic rings. The third kappa shape index (κ3) is 382. The molecule has 0 radical (unpaired) electrons. The van der Waals surface area contributed by atoms with Gasteiger partial charge < -0.3 is 5.11 Å². The summed E-state index contributed by atoms with van der Waals surface area (Å²) in [7, 11) is 0. The van der Waals surface area contributed by atoms with Crippen molar-refractivity contribution in [1.29, 1.82) is 0 Å². The molecule has 0 spiro atoms. The maximum absolute atomic E-state index is 8.54. The molecule has 36 valence electrons. The van der Waals surface area contributed by atoms with Crippen LogP contribution in [-0.4, -0.2) is 32.8 Å². The Morgan fingerprint density at radius 1 is 1.67 bits per heavy atom. The average molecular weight is 197 g/mol. The van der Waals surface area contributed by atoms with Crippen molar-refractivity contribution < 1.29 is 11.3 Å². The standard InChI is InChI=1S/C2H6O.2O.Sn/c1-2-3;;;/h3H,2H2,1H3;;;. The summed E-state index contributed by atoms with van der Waals surface area (Å²) in [5, 5.41) is 7.57. The van der Waals surface area contributed by atoms with Crippen LogP contribution in [0.3, 0.4) is 0 Å². The molecule has 3 nitrogen and oxygen atoms in total. The summed E-state index contributed by atoms with van der Waals surface area (Å²) in [5.74, 6) is 0. The summed E-state index contributed by atoms with van der Waals surface area (Å²) < 4.78 is 17.1. The molecule has 4 heteroatoms. The molecule has 0 unspecified atom stereocenters. The average Bonchev–Trinajstić information content (AvgIpc) is 1.39. The molecule has 6 heavy (non-hydrogen) atoms. The fraction of sp³-hybridized carbons (Fsp3) is 1.00. The number of aliphatic hydroxyl groups excluding tert-OH is 1. The quantitative estimate of drug-likeness (QED) is 0.526. The molecule has 0 fully saturated rings. The Hall–Kier alpha value is 0.359. The summed E-state index contributed by atoms with van der Waals surface area (Å²) in [5.41, 5.74) is 0. The summed E-state index contributed by atoms with van der Waals surface area (Å²) in [6, 6.07) is 0. The van der Waals surface area contributed by atoms with Crippen LogP contribution >= 0.6 is 0 Å². The topological polar surface area (TPSA) is 54.4 Å². The van der Waals surface area contributed by atoms with Gasteiger partial charge in [0.1, 0.15) is 0 Å². The summed E-state index contributed by atoms with van der Waals surface area (Å²) in [6.45, 7) is 1.93. The third-order valence-electron chi connectivity index (χ3n) is 0. The molecule has 0 bridgehead atoms. The van der Waals surface area contributed by atoms with Crippen LogP contribution < -0.4 is 0 Å². The van der Waals surface area contributed by atoms with Crippen molar-refractivity contribution in [3.05, 3.63) is 0 Å². The van der Waals surface area contributed by atoms with Gasteiger partial charge in [0.2, 0.25) is 0 Å². The van der Waals surface area contributed by atoms with E-state index in [0.29, 0.717) is 0 Å². The van der Waals surface area contributed by atoms with Crippen molar-refractivity contribution in [3.8, 4) is 0 Å². The van der Waals surface area contributed by atoms with Crippen LogP contribution in [0.2, 0.25) is 0 Å². The minimum atomic E-state index is -2.27. The van der Waals surface area contributed by atoms with Crippen molar-refractivity contribution in [3.63, 3.8) is 0 Å².